The molecular weight excluding hydrogens is 528 g/mol. The molecule has 172 valence electrons. The molecule has 3 nitrogen and oxygen atoms in total. The standard InChI is InChI=1S/C27H34Br2N2O/c28-19-25(21-7-11-23(12-8-21)30-15-3-1-4-16-30)27(32)26(20-29)22-9-13-24(14-10-22)31-17-5-2-6-18-31/h7-14,25-26H,1-6,15-20H2. The van der Waals surface area contributed by atoms with Gasteiger partial charge in [-0.25, -0.2) is 0 Å². The predicted octanol–water partition coefficient (Wildman–Crippen LogP) is 6.89. The van der Waals surface area contributed by atoms with Crippen LogP contribution in [-0.2, 0) is 4.79 Å². The lowest BCUT2D eigenvalue weighted by Gasteiger charge is -2.29. The van der Waals surface area contributed by atoms with Crippen molar-refractivity contribution < 1.29 is 4.79 Å². The number of carbonyl (C=O) groups is 1. The van der Waals surface area contributed by atoms with Gasteiger partial charge in [-0.3, -0.25) is 4.79 Å². The topological polar surface area (TPSA) is 23.6 Å². The average Bonchev–Trinajstić information content (AvgIpc) is 2.87. The maximum Gasteiger partial charge on any atom is 0.149 e. The van der Waals surface area contributed by atoms with Crippen molar-refractivity contribution in [3.63, 3.8) is 0 Å². The molecule has 0 radical (unpaired) electrons. The van der Waals surface area contributed by atoms with E-state index in [9.17, 15) is 4.79 Å². The van der Waals surface area contributed by atoms with Gasteiger partial charge >= 0.3 is 0 Å². The van der Waals surface area contributed by atoms with Crippen LogP contribution in [0.4, 0.5) is 11.4 Å². The molecule has 5 heteroatoms. The van der Waals surface area contributed by atoms with Gasteiger partial charge in [0, 0.05) is 48.2 Å². The summed E-state index contributed by atoms with van der Waals surface area (Å²) in [5, 5.41) is 1.29. The molecule has 2 aromatic carbocycles. The predicted molar refractivity (Wildman–Crippen MR) is 143 cm³/mol. The number of Topliss-reactive ketones (excluding diaryl/α,β-unsaturated/α-hetero) is 1. The Morgan fingerprint density at radius 1 is 0.625 bits per heavy atom. The van der Waals surface area contributed by atoms with Gasteiger partial charge in [0.2, 0.25) is 0 Å². The zero-order valence-corrected chi connectivity index (χ0v) is 22.0. The molecule has 0 aromatic heterocycles. The first-order valence-corrected chi connectivity index (χ1v) is 14.3. The van der Waals surface area contributed by atoms with Gasteiger partial charge in [-0.1, -0.05) is 56.1 Å². The first-order valence-electron chi connectivity index (χ1n) is 12.1. The number of hydrogen-bond acceptors (Lipinski definition) is 3. The minimum absolute atomic E-state index is 0.144. The largest absolute Gasteiger partial charge is 0.372 e. The monoisotopic (exact) mass is 560 g/mol. The maximum atomic E-state index is 13.6. The smallest absolute Gasteiger partial charge is 0.149 e. The maximum absolute atomic E-state index is 13.6. The van der Waals surface area contributed by atoms with Crippen molar-refractivity contribution in [2.45, 2.75) is 50.4 Å². The van der Waals surface area contributed by atoms with Gasteiger partial charge in [-0.2, -0.15) is 0 Å². The molecule has 0 N–H and O–H groups in total. The number of carbonyl (C=O) groups excluding carboxylic acids is 1. The number of nitrogens with zero attached hydrogens (tertiary/aromatic N) is 2. The summed E-state index contributed by atoms with van der Waals surface area (Å²) in [6.45, 7) is 4.55. The van der Waals surface area contributed by atoms with E-state index in [1.807, 2.05) is 0 Å². The van der Waals surface area contributed by atoms with Gasteiger partial charge in [0.05, 0.1) is 11.8 Å². The Morgan fingerprint density at radius 3 is 1.28 bits per heavy atom. The Bertz CT molecular complexity index is 785. The molecule has 0 aliphatic carbocycles. The van der Waals surface area contributed by atoms with Crippen molar-refractivity contribution in [1.82, 2.24) is 0 Å². The van der Waals surface area contributed by atoms with Gasteiger partial charge in [0.1, 0.15) is 5.78 Å². The molecule has 2 aliphatic rings. The number of ketones is 1. The van der Waals surface area contributed by atoms with Gasteiger partial charge in [0.25, 0.3) is 0 Å². The molecule has 2 aliphatic heterocycles. The highest BCUT2D eigenvalue weighted by Crippen LogP contribution is 2.32. The van der Waals surface area contributed by atoms with Gasteiger partial charge < -0.3 is 9.80 Å². The third kappa shape index (κ3) is 5.59. The number of hydrogen-bond donors (Lipinski definition) is 0. The van der Waals surface area contributed by atoms with Crippen LogP contribution in [0.15, 0.2) is 48.5 Å². The Kier molecular flexibility index (Phi) is 8.70. The first-order chi connectivity index (χ1) is 15.7. The van der Waals surface area contributed by atoms with Gasteiger partial charge in [0.15, 0.2) is 0 Å². The van der Waals surface area contributed by atoms with E-state index in [2.05, 4.69) is 90.2 Å². The van der Waals surface area contributed by atoms with Crippen molar-refractivity contribution in [2.24, 2.45) is 0 Å². The lowest BCUT2D eigenvalue weighted by molar-refractivity contribution is -0.121. The molecular formula is C27H34Br2N2O. The van der Waals surface area contributed by atoms with Crippen LogP contribution in [0, 0.1) is 0 Å². The van der Waals surface area contributed by atoms with E-state index in [0.717, 1.165) is 37.3 Å². The zero-order valence-electron chi connectivity index (χ0n) is 18.8. The molecule has 2 heterocycles. The molecule has 2 unspecified atom stereocenters. The average molecular weight is 562 g/mol. The van der Waals surface area contributed by atoms with Crippen LogP contribution < -0.4 is 9.80 Å². The normalized spacial score (nSPS) is 18.9. The van der Waals surface area contributed by atoms with E-state index >= 15 is 0 Å². The fourth-order valence-corrected chi connectivity index (χ4v) is 6.43. The highest BCUT2D eigenvalue weighted by molar-refractivity contribution is 9.09. The molecule has 32 heavy (non-hydrogen) atoms. The number of piperidine rings is 2. The van der Waals surface area contributed by atoms with E-state index in [4.69, 9.17) is 0 Å². The SMILES string of the molecule is O=C(C(CBr)c1ccc(N2CCCCC2)cc1)C(CBr)c1ccc(N2CCCCC2)cc1. The first kappa shape index (κ1) is 23.8. The van der Waals surface area contributed by atoms with Crippen molar-refractivity contribution in [1.29, 1.82) is 0 Å². The molecule has 4 rings (SSSR count). The molecule has 0 saturated carbocycles. The Balaban J connectivity index is 1.47. The fraction of sp³-hybridized carbons (Fsp3) is 0.519. The van der Waals surface area contributed by atoms with E-state index in [0.29, 0.717) is 10.7 Å². The summed E-state index contributed by atoms with van der Waals surface area (Å²) in [5.74, 6) is -0.0142. The fourth-order valence-electron chi connectivity index (χ4n) is 5.04. The van der Waals surface area contributed by atoms with Crippen LogP contribution in [0.3, 0.4) is 0 Å². The molecule has 0 amide bonds. The second kappa shape index (κ2) is 11.7. The second-order valence-corrected chi connectivity index (χ2v) is 10.4. The van der Waals surface area contributed by atoms with E-state index < -0.39 is 0 Å². The van der Waals surface area contributed by atoms with Crippen LogP contribution in [-0.4, -0.2) is 42.6 Å². The van der Waals surface area contributed by atoms with Crippen molar-refractivity contribution in [3.05, 3.63) is 59.7 Å². The van der Waals surface area contributed by atoms with Crippen LogP contribution >= 0.6 is 31.9 Å². The van der Waals surface area contributed by atoms with E-state index in [-0.39, 0.29) is 17.6 Å². The number of halogens is 2. The van der Waals surface area contributed by atoms with Crippen molar-refractivity contribution in [2.75, 3.05) is 46.6 Å². The summed E-state index contributed by atoms with van der Waals surface area (Å²) in [5.41, 5.74) is 4.76. The molecule has 2 atom stereocenters. The van der Waals surface area contributed by atoms with Crippen molar-refractivity contribution >= 4 is 49.0 Å². The number of alkyl halides is 2. The molecule has 0 bridgehead atoms. The van der Waals surface area contributed by atoms with Crippen molar-refractivity contribution in [3.8, 4) is 0 Å². The van der Waals surface area contributed by atoms with E-state index in [1.165, 1.54) is 49.9 Å². The number of anilines is 2. The Hall–Kier alpha value is -1.33. The summed E-state index contributed by atoms with van der Waals surface area (Å²) >= 11 is 7.26. The summed E-state index contributed by atoms with van der Waals surface area (Å²) < 4.78 is 0. The van der Waals surface area contributed by atoms with Gasteiger partial charge in [-0.15, -0.1) is 0 Å². The summed E-state index contributed by atoms with van der Waals surface area (Å²) in [7, 11) is 0. The minimum Gasteiger partial charge on any atom is -0.372 e. The molecule has 2 fully saturated rings. The second-order valence-electron chi connectivity index (χ2n) is 9.09. The van der Waals surface area contributed by atoms with Gasteiger partial charge in [-0.05, 0) is 73.9 Å². The van der Waals surface area contributed by atoms with Crippen LogP contribution in [0.25, 0.3) is 0 Å². The third-order valence-electron chi connectivity index (χ3n) is 7.03. The van der Waals surface area contributed by atoms with Crippen LogP contribution in [0.2, 0.25) is 0 Å². The highest BCUT2D eigenvalue weighted by Gasteiger charge is 2.28. The zero-order chi connectivity index (χ0) is 22.3. The third-order valence-corrected chi connectivity index (χ3v) is 8.32. The summed E-state index contributed by atoms with van der Waals surface area (Å²) in [6.07, 6.45) is 7.76. The minimum atomic E-state index is -0.144. The summed E-state index contributed by atoms with van der Waals surface area (Å²) in [6, 6.07) is 17.4. The molecule has 2 saturated heterocycles. The Labute approximate surface area is 209 Å². The number of benzene rings is 2. The van der Waals surface area contributed by atoms with E-state index in [1.54, 1.807) is 0 Å². The van der Waals surface area contributed by atoms with Crippen LogP contribution in [0.1, 0.15) is 61.5 Å². The number of rotatable bonds is 8. The highest BCUT2D eigenvalue weighted by atomic mass is 79.9. The molecule has 0 spiro atoms. The summed E-state index contributed by atoms with van der Waals surface area (Å²) in [4.78, 5) is 18.5. The quantitative estimate of drug-likeness (QED) is 0.328. The van der Waals surface area contributed by atoms with Crippen LogP contribution in [0.5, 0.6) is 0 Å². The Morgan fingerprint density at radius 2 is 0.969 bits per heavy atom. The lowest BCUT2D eigenvalue weighted by Crippen LogP contribution is -2.29. The molecule has 2 aromatic rings. The lowest BCUT2D eigenvalue weighted by atomic mass is 9.85.